The Morgan fingerprint density at radius 2 is 2.00 bits per heavy atom. The average Bonchev–Trinajstić information content (AvgIpc) is 2.37. The molecule has 3 nitrogen and oxygen atoms in total. The summed E-state index contributed by atoms with van der Waals surface area (Å²) in [6.07, 6.45) is 0. The quantitative estimate of drug-likeness (QED) is 0.817. The van der Waals surface area contributed by atoms with Crippen LogP contribution < -0.4 is 10.6 Å². The smallest absolute Gasteiger partial charge is 0.243 e. The lowest BCUT2D eigenvalue weighted by atomic mass is 10.1. The van der Waals surface area contributed by atoms with E-state index in [2.05, 4.69) is 26.6 Å². The molecule has 0 heterocycles. The Kier molecular flexibility index (Phi) is 5.26. The molecule has 21 heavy (non-hydrogen) atoms. The lowest BCUT2D eigenvalue weighted by Crippen LogP contribution is -2.22. The molecule has 0 fully saturated rings. The van der Waals surface area contributed by atoms with Crippen LogP contribution in [0.2, 0.25) is 5.02 Å². The van der Waals surface area contributed by atoms with E-state index < -0.39 is 0 Å². The van der Waals surface area contributed by atoms with Crippen LogP contribution in [-0.4, -0.2) is 12.5 Å². The highest BCUT2D eigenvalue weighted by molar-refractivity contribution is 9.10. The van der Waals surface area contributed by atoms with Gasteiger partial charge in [0.15, 0.2) is 0 Å². The van der Waals surface area contributed by atoms with E-state index in [0.717, 1.165) is 27.0 Å². The molecule has 0 spiro atoms. The normalized spacial score (nSPS) is 10.3. The average molecular weight is 368 g/mol. The van der Waals surface area contributed by atoms with Crippen LogP contribution in [-0.2, 0) is 4.79 Å². The van der Waals surface area contributed by atoms with E-state index in [9.17, 15) is 4.79 Å². The van der Waals surface area contributed by atoms with Gasteiger partial charge in [-0.2, -0.15) is 0 Å². The number of amides is 1. The number of nitrogens with one attached hydrogen (secondary N) is 2. The first kappa shape index (κ1) is 15.9. The zero-order chi connectivity index (χ0) is 15.4. The van der Waals surface area contributed by atoms with Crippen molar-refractivity contribution in [3.63, 3.8) is 0 Å². The molecule has 2 aromatic rings. The van der Waals surface area contributed by atoms with Crippen molar-refractivity contribution in [2.45, 2.75) is 13.8 Å². The lowest BCUT2D eigenvalue weighted by molar-refractivity contribution is -0.114. The third-order valence-electron chi connectivity index (χ3n) is 2.97. The summed E-state index contributed by atoms with van der Waals surface area (Å²) in [4.78, 5) is 12.0. The molecule has 0 aliphatic rings. The first-order valence-electron chi connectivity index (χ1n) is 6.52. The van der Waals surface area contributed by atoms with E-state index in [0.29, 0.717) is 5.02 Å². The molecule has 2 rings (SSSR count). The summed E-state index contributed by atoms with van der Waals surface area (Å²) in [6, 6.07) is 11.4. The third-order valence-corrected chi connectivity index (χ3v) is 3.76. The Bertz CT molecular complexity index is 650. The van der Waals surface area contributed by atoms with Crippen LogP contribution in [0.3, 0.4) is 0 Å². The van der Waals surface area contributed by atoms with Gasteiger partial charge in [0.25, 0.3) is 0 Å². The zero-order valence-electron chi connectivity index (χ0n) is 11.8. The van der Waals surface area contributed by atoms with Crippen molar-refractivity contribution < 1.29 is 4.79 Å². The van der Waals surface area contributed by atoms with Gasteiger partial charge in [-0.15, -0.1) is 0 Å². The Labute approximate surface area is 137 Å². The number of halogens is 2. The van der Waals surface area contributed by atoms with Gasteiger partial charge in [-0.3, -0.25) is 4.79 Å². The number of carbonyl (C=O) groups excluding carboxylic acids is 1. The Morgan fingerprint density at radius 3 is 2.67 bits per heavy atom. The van der Waals surface area contributed by atoms with Gasteiger partial charge in [-0.1, -0.05) is 39.7 Å². The van der Waals surface area contributed by atoms with Gasteiger partial charge < -0.3 is 10.6 Å². The number of anilines is 2. The maximum atomic E-state index is 12.0. The summed E-state index contributed by atoms with van der Waals surface area (Å²) in [5.41, 5.74) is 3.67. The van der Waals surface area contributed by atoms with Gasteiger partial charge in [-0.05, 0) is 49.2 Å². The standard InChI is InChI=1S/C16H16BrClN2O/c1-10-6-11(2)16(14(18)7-10)19-9-15(21)20-13-5-3-4-12(17)8-13/h3-8,19H,9H2,1-2H3,(H,20,21). The van der Waals surface area contributed by atoms with Gasteiger partial charge in [0.2, 0.25) is 5.91 Å². The summed E-state index contributed by atoms with van der Waals surface area (Å²) in [5.74, 6) is -0.121. The van der Waals surface area contributed by atoms with E-state index >= 15 is 0 Å². The Morgan fingerprint density at radius 1 is 1.24 bits per heavy atom. The number of carbonyl (C=O) groups is 1. The SMILES string of the molecule is Cc1cc(C)c(NCC(=O)Nc2cccc(Br)c2)c(Cl)c1. The number of benzene rings is 2. The minimum atomic E-state index is -0.121. The number of aryl methyl sites for hydroxylation is 2. The highest BCUT2D eigenvalue weighted by Gasteiger charge is 2.08. The van der Waals surface area contributed by atoms with Crippen molar-refractivity contribution >= 4 is 44.8 Å². The molecule has 1 amide bonds. The first-order valence-corrected chi connectivity index (χ1v) is 7.69. The van der Waals surface area contributed by atoms with Crippen molar-refractivity contribution in [1.29, 1.82) is 0 Å². The van der Waals surface area contributed by atoms with E-state index in [4.69, 9.17) is 11.6 Å². The van der Waals surface area contributed by atoms with Crippen molar-refractivity contribution in [1.82, 2.24) is 0 Å². The molecule has 0 bridgehead atoms. The van der Waals surface area contributed by atoms with Gasteiger partial charge >= 0.3 is 0 Å². The Balaban J connectivity index is 1.99. The molecule has 0 radical (unpaired) electrons. The third kappa shape index (κ3) is 4.48. The molecule has 0 saturated carbocycles. The summed E-state index contributed by atoms with van der Waals surface area (Å²) in [5, 5.41) is 6.54. The molecular formula is C16H16BrClN2O. The summed E-state index contributed by atoms with van der Waals surface area (Å²) >= 11 is 9.57. The van der Waals surface area contributed by atoms with Crippen molar-refractivity contribution in [3.05, 3.63) is 57.0 Å². The van der Waals surface area contributed by atoms with Crippen LogP contribution in [0.4, 0.5) is 11.4 Å². The fourth-order valence-corrected chi connectivity index (χ4v) is 2.87. The number of hydrogen-bond donors (Lipinski definition) is 2. The summed E-state index contributed by atoms with van der Waals surface area (Å²) in [6.45, 7) is 4.12. The monoisotopic (exact) mass is 366 g/mol. The fraction of sp³-hybridized carbons (Fsp3) is 0.188. The predicted molar refractivity (Wildman–Crippen MR) is 92.2 cm³/mol. The second kappa shape index (κ2) is 6.96. The fourth-order valence-electron chi connectivity index (χ4n) is 2.08. The first-order chi connectivity index (χ1) is 9.95. The molecular weight excluding hydrogens is 352 g/mol. The summed E-state index contributed by atoms with van der Waals surface area (Å²) in [7, 11) is 0. The van der Waals surface area contributed by atoms with Crippen LogP contribution >= 0.6 is 27.5 Å². The minimum absolute atomic E-state index is 0.121. The largest absolute Gasteiger partial charge is 0.375 e. The van der Waals surface area contributed by atoms with Crippen LogP contribution in [0.1, 0.15) is 11.1 Å². The highest BCUT2D eigenvalue weighted by Crippen LogP contribution is 2.27. The van der Waals surface area contributed by atoms with Crippen LogP contribution in [0.5, 0.6) is 0 Å². The molecule has 5 heteroatoms. The molecule has 0 aliphatic heterocycles. The predicted octanol–water partition coefficient (Wildman–Crippen LogP) is 4.77. The highest BCUT2D eigenvalue weighted by atomic mass is 79.9. The van der Waals surface area contributed by atoms with Crippen LogP contribution in [0.15, 0.2) is 40.9 Å². The molecule has 0 aromatic heterocycles. The molecule has 0 unspecified atom stereocenters. The molecule has 2 N–H and O–H groups in total. The summed E-state index contributed by atoms with van der Waals surface area (Å²) < 4.78 is 0.922. The van der Waals surface area contributed by atoms with E-state index in [-0.39, 0.29) is 12.5 Å². The molecule has 0 saturated heterocycles. The maximum absolute atomic E-state index is 12.0. The molecule has 110 valence electrons. The van der Waals surface area contributed by atoms with Crippen molar-refractivity contribution in [3.8, 4) is 0 Å². The second-order valence-electron chi connectivity index (χ2n) is 4.85. The van der Waals surface area contributed by atoms with Crippen molar-refractivity contribution in [2.24, 2.45) is 0 Å². The maximum Gasteiger partial charge on any atom is 0.243 e. The van der Waals surface area contributed by atoms with Crippen LogP contribution in [0.25, 0.3) is 0 Å². The lowest BCUT2D eigenvalue weighted by Gasteiger charge is -2.12. The topological polar surface area (TPSA) is 41.1 Å². The molecule has 0 atom stereocenters. The van der Waals surface area contributed by atoms with E-state index in [1.165, 1.54) is 0 Å². The van der Waals surface area contributed by atoms with Gasteiger partial charge in [0.05, 0.1) is 17.3 Å². The zero-order valence-corrected chi connectivity index (χ0v) is 14.2. The van der Waals surface area contributed by atoms with Gasteiger partial charge in [-0.25, -0.2) is 0 Å². The Hall–Kier alpha value is -1.52. The van der Waals surface area contributed by atoms with E-state index in [1.807, 2.05) is 50.2 Å². The van der Waals surface area contributed by atoms with Crippen molar-refractivity contribution in [2.75, 3.05) is 17.2 Å². The minimum Gasteiger partial charge on any atom is -0.375 e. The molecule has 2 aromatic carbocycles. The number of hydrogen-bond acceptors (Lipinski definition) is 2. The second-order valence-corrected chi connectivity index (χ2v) is 6.17. The number of rotatable bonds is 4. The van der Waals surface area contributed by atoms with Gasteiger partial charge in [0, 0.05) is 10.2 Å². The van der Waals surface area contributed by atoms with Gasteiger partial charge in [0.1, 0.15) is 0 Å². The van der Waals surface area contributed by atoms with Crippen LogP contribution in [0, 0.1) is 13.8 Å². The molecule has 0 aliphatic carbocycles. The van der Waals surface area contributed by atoms with E-state index in [1.54, 1.807) is 0 Å².